The summed E-state index contributed by atoms with van der Waals surface area (Å²) in [6.07, 6.45) is 6.01. The topological polar surface area (TPSA) is 47.8 Å². The lowest BCUT2D eigenvalue weighted by molar-refractivity contribution is 0.514. The van der Waals surface area contributed by atoms with Gasteiger partial charge in [-0.1, -0.05) is 28.8 Å². The Hall–Kier alpha value is -0.460. The van der Waals surface area contributed by atoms with Gasteiger partial charge in [0.15, 0.2) is 0 Å². The minimum absolute atomic E-state index is 0.0337. The fourth-order valence-electron chi connectivity index (χ4n) is 2.83. The largest absolute Gasteiger partial charge is 0.288 e. The fraction of sp³-hybridized carbons (Fsp3) is 0.462. The zero-order valence-corrected chi connectivity index (χ0v) is 14.5. The first kappa shape index (κ1) is 14.5. The molecule has 1 saturated carbocycles. The first-order chi connectivity index (χ1) is 9.63. The van der Waals surface area contributed by atoms with E-state index in [2.05, 4.69) is 41.8 Å². The first-order valence-electron chi connectivity index (χ1n) is 6.44. The Labute approximate surface area is 137 Å². The molecular formula is C13H12Br2ClN3O. The molecule has 0 N–H and O–H groups in total. The third kappa shape index (κ3) is 2.31. The fourth-order valence-corrected chi connectivity index (χ4v) is 4.46. The van der Waals surface area contributed by atoms with Crippen LogP contribution in [0.1, 0.15) is 37.3 Å². The number of halogens is 3. The maximum absolute atomic E-state index is 12.7. The Bertz CT molecular complexity index is 726. The minimum atomic E-state index is -0.0337. The summed E-state index contributed by atoms with van der Waals surface area (Å²) in [5.74, 6) is 0. The predicted octanol–water partition coefficient (Wildman–Crippen LogP) is 4.22. The maximum atomic E-state index is 12.7. The van der Waals surface area contributed by atoms with Crippen LogP contribution in [0.25, 0.3) is 11.0 Å². The third-order valence-corrected chi connectivity index (χ3v) is 5.35. The molecule has 0 spiro atoms. The van der Waals surface area contributed by atoms with E-state index in [1.807, 2.05) is 0 Å². The highest BCUT2D eigenvalue weighted by molar-refractivity contribution is 9.10. The number of aromatic nitrogens is 3. The van der Waals surface area contributed by atoms with E-state index in [4.69, 9.17) is 11.6 Å². The van der Waals surface area contributed by atoms with Gasteiger partial charge in [0.1, 0.15) is 5.65 Å². The van der Waals surface area contributed by atoms with Crippen molar-refractivity contribution in [1.82, 2.24) is 14.5 Å². The van der Waals surface area contributed by atoms with E-state index in [1.165, 1.54) is 0 Å². The smallest absolute Gasteiger partial charge is 0.267 e. The Morgan fingerprint density at radius 1 is 1.40 bits per heavy atom. The van der Waals surface area contributed by atoms with Gasteiger partial charge in [-0.05, 0) is 45.9 Å². The molecule has 0 aliphatic heterocycles. The minimum Gasteiger partial charge on any atom is -0.288 e. The van der Waals surface area contributed by atoms with Gasteiger partial charge in [0.2, 0.25) is 5.28 Å². The number of pyridine rings is 1. The molecule has 1 fully saturated rings. The van der Waals surface area contributed by atoms with E-state index >= 15 is 0 Å². The summed E-state index contributed by atoms with van der Waals surface area (Å²) in [5.41, 5.74) is 1.48. The van der Waals surface area contributed by atoms with Crippen LogP contribution < -0.4 is 5.56 Å². The molecular weight excluding hydrogens is 409 g/mol. The molecule has 0 unspecified atom stereocenters. The monoisotopic (exact) mass is 419 g/mol. The standard InChI is InChI=1S/C13H12Br2ClN3O/c14-5-8-9-6-17-13(16)18-11(9)19(12(20)10(8)15)7-3-1-2-4-7/h6-7H,1-5H2. The van der Waals surface area contributed by atoms with Crippen molar-refractivity contribution in [3.63, 3.8) is 0 Å². The molecule has 0 bridgehead atoms. The number of fused-ring (bicyclic) bond motifs is 1. The molecule has 0 amide bonds. The van der Waals surface area contributed by atoms with Gasteiger partial charge in [-0.2, -0.15) is 4.98 Å². The average Bonchev–Trinajstić information content (AvgIpc) is 2.94. The van der Waals surface area contributed by atoms with E-state index in [9.17, 15) is 4.79 Å². The van der Waals surface area contributed by atoms with Crippen LogP contribution in [0.5, 0.6) is 0 Å². The highest BCUT2D eigenvalue weighted by Gasteiger charge is 2.24. The van der Waals surface area contributed by atoms with Crippen LogP contribution >= 0.6 is 43.5 Å². The Kier molecular flexibility index (Phi) is 4.15. The summed E-state index contributed by atoms with van der Waals surface area (Å²) in [7, 11) is 0. The second-order valence-corrected chi connectivity index (χ2v) is 6.61. The molecule has 0 radical (unpaired) electrons. The predicted molar refractivity (Wildman–Crippen MR) is 86.6 cm³/mol. The molecule has 4 nitrogen and oxygen atoms in total. The number of hydrogen-bond donors (Lipinski definition) is 0. The molecule has 1 aliphatic carbocycles. The summed E-state index contributed by atoms with van der Waals surface area (Å²) in [4.78, 5) is 21.0. The quantitative estimate of drug-likeness (QED) is 0.539. The molecule has 2 aromatic heterocycles. The van der Waals surface area contributed by atoms with Crippen molar-refractivity contribution in [3.8, 4) is 0 Å². The molecule has 3 rings (SSSR count). The molecule has 0 atom stereocenters. The van der Waals surface area contributed by atoms with Crippen LogP contribution in [0.4, 0.5) is 0 Å². The second kappa shape index (κ2) is 5.73. The van der Waals surface area contributed by atoms with Crippen molar-refractivity contribution < 1.29 is 0 Å². The Balaban J connectivity index is 2.40. The van der Waals surface area contributed by atoms with Gasteiger partial charge < -0.3 is 0 Å². The van der Waals surface area contributed by atoms with Gasteiger partial charge in [-0.25, -0.2) is 4.98 Å². The third-order valence-electron chi connectivity index (χ3n) is 3.79. The van der Waals surface area contributed by atoms with Crippen LogP contribution in [0.3, 0.4) is 0 Å². The van der Waals surface area contributed by atoms with Crippen molar-refractivity contribution in [1.29, 1.82) is 0 Å². The van der Waals surface area contributed by atoms with Gasteiger partial charge in [0.05, 0.1) is 4.47 Å². The van der Waals surface area contributed by atoms with Gasteiger partial charge in [0, 0.05) is 23.0 Å². The summed E-state index contributed by atoms with van der Waals surface area (Å²) in [6, 6.07) is 0.205. The number of alkyl halides is 1. The van der Waals surface area contributed by atoms with Crippen molar-refractivity contribution in [2.45, 2.75) is 37.1 Å². The summed E-state index contributed by atoms with van der Waals surface area (Å²) in [6.45, 7) is 0. The van der Waals surface area contributed by atoms with Gasteiger partial charge in [0.25, 0.3) is 5.56 Å². The van der Waals surface area contributed by atoms with Crippen LogP contribution in [0.15, 0.2) is 15.5 Å². The van der Waals surface area contributed by atoms with E-state index in [1.54, 1.807) is 10.8 Å². The van der Waals surface area contributed by atoms with Gasteiger partial charge in [-0.15, -0.1) is 0 Å². The van der Waals surface area contributed by atoms with Crippen LogP contribution in [0.2, 0.25) is 5.28 Å². The molecule has 2 aromatic rings. The Morgan fingerprint density at radius 3 is 2.75 bits per heavy atom. The summed E-state index contributed by atoms with van der Waals surface area (Å²) < 4.78 is 2.37. The highest BCUT2D eigenvalue weighted by atomic mass is 79.9. The van der Waals surface area contributed by atoms with Crippen molar-refractivity contribution >= 4 is 54.5 Å². The molecule has 7 heteroatoms. The molecule has 20 heavy (non-hydrogen) atoms. The lowest BCUT2D eigenvalue weighted by Crippen LogP contribution is -2.26. The van der Waals surface area contributed by atoms with Gasteiger partial charge >= 0.3 is 0 Å². The van der Waals surface area contributed by atoms with E-state index in [0.717, 1.165) is 36.6 Å². The molecule has 0 aromatic carbocycles. The van der Waals surface area contributed by atoms with Crippen LogP contribution in [-0.2, 0) is 5.33 Å². The van der Waals surface area contributed by atoms with Crippen molar-refractivity contribution in [2.24, 2.45) is 0 Å². The van der Waals surface area contributed by atoms with Gasteiger partial charge in [-0.3, -0.25) is 9.36 Å². The summed E-state index contributed by atoms with van der Waals surface area (Å²) in [5, 5.41) is 1.60. The normalized spacial score (nSPS) is 16.1. The molecule has 1 aliphatic rings. The SMILES string of the molecule is O=c1c(Br)c(CBr)c2cnc(Cl)nc2n1C1CCCC1. The highest BCUT2D eigenvalue weighted by Crippen LogP contribution is 2.33. The van der Waals surface area contributed by atoms with Crippen LogP contribution in [0, 0.1) is 0 Å². The summed E-state index contributed by atoms with van der Waals surface area (Å²) >= 11 is 12.8. The van der Waals surface area contributed by atoms with E-state index < -0.39 is 0 Å². The number of hydrogen-bond acceptors (Lipinski definition) is 3. The van der Waals surface area contributed by atoms with Crippen molar-refractivity contribution in [3.05, 3.63) is 31.9 Å². The first-order valence-corrected chi connectivity index (χ1v) is 8.73. The second-order valence-electron chi connectivity index (χ2n) is 4.92. The molecule has 0 saturated heterocycles. The van der Waals surface area contributed by atoms with E-state index in [0.29, 0.717) is 15.4 Å². The maximum Gasteiger partial charge on any atom is 0.267 e. The van der Waals surface area contributed by atoms with Crippen LogP contribution in [-0.4, -0.2) is 14.5 Å². The number of nitrogens with zero attached hydrogens (tertiary/aromatic N) is 3. The number of rotatable bonds is 2. The van der Waals surface area contributed by atoms with Crippen molar-refractivity contribution in [2.75, 3.05) is 0 Å². The lowest BCUT2D eigenvalue weighted by atomic mass is 10.1. The molecule has 2 heterocycles. The average molecular weight is 422 g/mol. The Morgan fingerprint density at radius 2 is 2.10 bits per heavy atom. The van der Waals surface area contributed by atoms with E-state index in [-0.39, 0.29) is 16.9 Å². The zero-order chi connectivity index (χ0) is 14.3. The lowest BCUT2D eigenvalue weighted by Gasteiger charge is -2.18. The zero-order valence-electron chi connectivity index (χ0n) is 10.6. The molecule has 106 valence electrons.